The largest absolute Gasteiger partial charge is 0.379 e. The van der Waals surface area contributed by atoms with E-state index in [4.69, 9.17) is 4.74 Å². The van der Waals surface area contributed by atoms with Crippen LogP contribution >= 0.6 is 0 Å². The average Bonchev–Trinajstić information content (AvgIpc) is 2.83. The summed E-state index contributed by atoms with van der Waals surface area (Å²) in [7, 11) is 0. The molecule has 1 unspecified atom stereocenters. The second kappa shape index (κ2) is 6.20. The molecule has 2 rings (SSSR count). The summed E-state index contributed by atoms with van der Waals surface area (Å²) in [4.78, 5) is 15.5. The zero-order valence-electron chi connectivity index (χ0n) is 9.69. The Bertz CT molecular complexity index is 350. The highest BCUT2D eigenvalue weighted by Gasteiger charge is 2.17. The highest BCUT2D eigenvalue weighted by atomic mass is 16.5. The quantitative estimate of drug-likeness (QED) is 0.808. The van der Waals surface area contributed by atoms with Crippen molar-refractivity contribution in [2.45, 2.75) is 18.9 Å². The van der Waals surface area contributed by atoms with Gasteiger partial charge in [-0.1, -0.05) is 6.07 Å². The van der Waals surface area contributed by atoms with Gasteiger partial charge in [0.1, 0.15) is 0 Å². The minimum atomic E-state index is -0.121. The van der Waals surface area contributed by atoms with E-state index in [9.17, 15) is 4.79 Å². The van der Waals surface area contributed by atoms with Crippen LogP contribution in [0.5, 0.6) is 0 Å². The molecule has 1 atom stereocenters. The lowest BCUT2D eigenvalue weighted by Crippen LogP contribution is -2.42. The van der Waals surface area contributed by atoms with Gasteiger partial charge in [0.05, 0.1) is 12.6 Å². The fourth-order valence-corrected chi connectivity index (χ4v) is 1.75. The Kier molecular flexibility index (Phi) is 4.32. The number of ether oxygens (including phenoxy) is 1. The smallest absolute Gasteiger partial charge is 0.315 e. The van der Waals surface area contributed by atoms with Crippen LogP contribution in [-0.2, 0) is 11.2 Å². The number of carbonyl (C=O) groups excluding carboxylic acids is 1. The van der Waals surface area contributed by atoms with Crippen molar-refractivity contribution >= 4 is 6.03 Å². The van der Waals surface area contributed by atoms with Crippen LogP contribution in [-0.4, -0.2) is 36.8 Å². The molecule has 5 nitrogen and oxygen atoms in total. The summed E-state index contributed by atoms with van der Waals surface area (Å²) in [5.41, 5.74) is 1.12. The van der Waals surface area contributed by atoms with Crippen LogP contribution in [0.25, 0.3) is 0 Å². The van der Waals surface area contributed by atoms with Gasteiger partial charge in [0.2, 0.25) is 0 Å². The third-order valence-electron chi connectivity index (χ3n) is 2.69. The van der Waals surface area contributed by atoms with E-state index >= 15 is 0 Å². The molecule has 0 radical (unpaired) electrons. The SMILES string of the molecule is O=C(NCCc1cccnc1)NC1CCOC1. The van der Waals surface area contributed by atoms with Gasteiger partial charge in [-0.25, -0.2) is 4.79 Å². The summed E-state index contributed by atoms with van der Waals surface area (Å²) in [5, 5.41) is 5.70. The molecule has 1 aliphatic heterocycles. The van der Waals surface area contributed by atoms with Gasteiger partial charge in [0, 0.05) is 25.5 Å². The number of hydrogen-bond donors (Lipinski definition) is 2. The van der Waals surface area contributed by atoms with Gasteiger partial charge in [-0.05, 0) is 24.5 Å². The maximum Gasteiger partial charge on any atom is 0.315 e. The molecular formula is C12H17N3O2. The minimum Gasteiger partial charge on any atom is -0.379 e. The first kappa shape index (κ1) is 11.9. The molecule has 5 heteroatoms. The van der Waals surface area contributed by atoms with E-state index in [0.717, 1.165) is 25.0 Å². The van der Waals surface area contributed by atoms with E-state index in [2.05, 4.69) is 15.6 Å². The molecule has 0 bridgehead atoms. The van der Waals surface area contributed by atoms with Gasteiger partial charge in [-0.3, -0.25) is 4.98 Å². The van der Waals surface area contributed by atoms with E-state index in [-0.39, 0.29) is 12.1 Å². The Morgan fingerprint density at radius 3 is 3.24 bits per heavy atom. The summed E-state index contributed by atoms with van der Waals surface area (Å²) in [5.74, 6) is 0. The maximum atomic E-state index is 11.5. The second-order valence-corrected chi connectivity index (χ2v) is 4.07. The third-order valence-corrected chi connectivity index (χ3v) is 2.69. The van der Waals surface area contributed by atoms with Crippen LogP contribution in [0.4, 0.5) is 4.79 Å². The number of hydrogen-bond acceptors (Lipinski definition) is 3. The lowest BCUT2D eigenvalue weighted by Gasteiger charge is -2.11. The zero-order valence-corrected chi connectivity index (χ0v) is 9.69. The van der Waals surface area contributed by atoms with Crippen LogP contribution in [0.2, 0.25) is 0 Å². The van der Waals surface area contributed by atoms with E-state index in [0.29, 0.717) is 13.2 Å². The van der Waals surface area contributed by atoms with Gasteiger partial charge in [-0.15, -0.1) is 0 Å². The first-order valence-electron chi connectivity index (χ1n) is 5.85. The van der Waals surface area contributed by atoms with E-state index in [1.54, 1.807) is 6.20 Å². The van der Waals surface area contributed by atoms with Crippen LogP contribution < -0.4 is 10.6 Å². The van der Waals surface area contributed by atoms with E-state index in [1.807, 2.05) is 18.3 Å². The number of pyridine rings is 1. The molecule has 1 aromatic heterocycles. The van der Waals surface area contributed by atoms with E-state index in [1.165, 1.54) is 0 Å². The zero-order chi connectivity index (χ0) is 11.9. The normalized spacial score (nSPS) is 18.9. The highest BCUT2D eigenvalue weighted by Crippen LogP contribution is 2.02. The molecule has 0 spiro atoms. The maximum absolute atomic E-state index is 11.5. The number of aromatic nitrogens is 1. The van der Waals surface area contributed by atoms with Crippen molar-refractivity contribution in [1.29, 1.82) is 0 Å². The monoisotopic (exact) mass is 235 g/mol. The molecular weight excluding hydrogens is 218 g/mol. The summed E-state index contributed by atoms with van der Waals surface area (Å²) in [6, 6.07) is 3.93. The van der Waals surface area contributed by atoms with Crippen molar-refractivity contribution in [3.05, 3.63) is 30.1 Å². The van der Waals surface area contributed by atoms with Crippen LogP contribution in [0.1, 0.15) is 12.0 Å². The molecule has 0 aliphatic carbocycles. The van der Waals surface area contributed by atoms with Gasteiger partial charge >= 0.3 is 6.03 Å². The summed E-state index contributed by atoms with van der Waals surface area (Å²) < 4.78 is 5.18. The highest BCUT2D eigenvalue weighted by molar-refractivity contribution is 5.74. The molecule has 2 N–H and O–H groups in total. The molecule has 1 aromatic rings. The van der Waals surface area contributed by atoms with Gasteiger partial charge in [-0.2, -0.15) is 0 Å². The topological polar surface area (TPSA) is 63.2 Å². The molecule has 1 fully saturated rings. The fourth-order valence-electron chi connectivity index (χ4n) is 1.75. The van der Waals surface area contributed by atoms with Crippen LogP contribution in [0.15, 0.2) is 24.5 Å². The molecule has 1 saturated heterocycles. The number of rotatable bonds is 4. The van der Waals surface area contributed by atoms with Gasteiger partial charge in [0.25, 0.3) is 0 Å². The Hall–Kier alpha value is -1.62. The lowest BCUT2D eigenvalue weighted by atomic mass is 10.2. The van der Waals surface area contributed by atoms with Crippen molar-refractivity contribution in [3.8, 4) is 0 Å². The molecule has 92 valence electrons. The number of amides is 2. The van der Waals surface area contributed by atoms with Crippen LogP contribution in [0.3, 0.4) is 0 Å². The Labute approximate surface area is 101 Å². The van der Waals surface area contributed by atoms with Crippen molar-refractivity contribution < 1.29 is 9.53 Å². The van der Waals surface area contributed by atoms with Crippen molar-refractivity contribution in [3.63, 3.8) is 0 Å². The standard InChI is InChI=1S/C12H17N3O2/c16-12(15-11-4-7-17-9-11)14-6-3-10-2-1-5-13-8-10/h1-2,5,8,11H,3-4,6-7,9H2,(H2,14,15,16). The van der Waals surface area contributed by atoms with Crippen molar-refractivity contribution in [2.75, 3.05) is 19.8 Å². The molecule has 0 aromatic carbocycles. The molecule has 2 amide bonds. The Balaban J connectivity index is 1.63. The number of nitrogens with zero attached hydrogens (tertiary/aromatic N) is 1. The van der Waals surface area contributed by atoms with E-state index < -0.39 is 0 Å². The molecule has 17 heavy (non-hydrogen) atoms. The number of carbonyl (C=O) groups is 1. The summed E-state index contributed by atoms with van der Waals surface area (Å²) in [6.45, 7) is 1.97. The van der Waals surface area contributed by atoms with Gasteiger partial charge < -0.3 is 15.4 Å². The molecule has 2 heterocycles. The summed E-state index contributed by atoms with van der Waals surface area (Å²) >= 11 is 0. The molecule has 0 saturated carbocycles. The Morgan fingerprint density at radius 1 is 1.59 bits per heavy atom. The third kappa shape index (κ3) is 4.03. The fraction of sp³-hybridized carbons (Fsp3) is 0.500. The average molecular weight is 235 g/mol. The van der Waals surface area contributed by atoms with Crippen LogP contribution in [0, 0.1) is 0 Å². The summed E-state index contributed by atoms with van der Waals surface area (Å²) in [6.07, 6.45) is 5.24. The first-order chi connectivity index (χ1) is 8.34. The number of urea groups is 1. The van der Waals surface area contributed by atoms with Crippen molar-refractivity contribution in [1.82, 2.24) is 15.6 Å². The Morgan fingerprint density at radius 2 is 2.53 bits per heavy atom. The molecule has 1 aliphatic rings. The minimum absolute atomic E-state index is 0.121. The lowest BCUT2D eigenvalue weighted by molar-refractivity contribution is 0.188. The predicted octanol–water partition coefficient (Wildman–Crippen LogP) is 0.712. The number of nitrogens with one attached hydrogen (secondary N) is 2. The van der Waals surface area contributed by atoms with Crippen molar-refractivity contribution in [2.24, 2.45) is 0 Å². The van der Waals surface area contributed by atoms with Gasteiger partial charge in [0.15, 0.2) is 0 Å². The second-order valence-electron chi connectivity index (χ2n) is 4.07. The first-order valence-corrected chi connectivity index (χ1v) is 5.85. The predicted molar refractivity (Wildman–Crippen MR) is 63.7 cm³/mol.